The summed E-state index contributed by atoms with van der Waals surface area (Å²) in [6.07, 6.45) is 3.97. The van der Waals surface area contributed by atoms with Gasteiger partial charge in [0.15, 0.2) is 5.11 Å². The van der Waals surface area contributed by atoms with E-state index < -0.39 is 0 Å². The van der Waals surface area contributed by atoms with Gasteiger partial charge in [0, 0.05) is 31.2 Å². The molecule has 3 aromatic rings. The number of hydrogen-bond donors (Lipinski definition) is 1. The molecule has 26 heavy (non-hydrogen) atoms. The molecule has 0 spiro atoms. The van der Waals surface area contributed by atoms with Gasteiger partial charge in [-0.1, -0.05) is 36.4 Å². The van der Waals surface area contributed by atoms with Gasteiger partial charge in [-0.15, -0.1) is 0 Å². The average Bonchev–Trinajstić information content (AvgIpc) is 3.28. The number of aromatic nitrogens is 2. The van der Waals surface area contributed by atoms with Crippen LogP contribution in [0, 0.1) is 0 Å². The minimum absolute atomic E-state index is 0.0348. The summed E-state index contributed by atoms with van der Waals surface area (Å²) in [6, 6.07) is 21.0. The highest BCUT2D eigenvalue weighted by molar-refractivity contribution is 7.80. The molecule has 5 heteroatoms. The van der Waals surface area contributed by atoms with Crippen molar-refractivity contribution in [3.8, 4) is 0 Å². The van der Waals surface area contributed by atoms with E-state index in [1.54, 1.807) is 0 Å². The van der Waals surface area contributed by atoms with Gasteiger partial charge in [0.25, 0.3) is 0 Å². The molecule has 0 unspecified atom stereocenters. The number of rotatable bonds is 5. The minimum atomic E-state index is 0.0348. The van der Waals surface area contributed by atoms with Crippen molar-refractivity contribution in [1.29, 1.82) is 0 Å². The van der Waals surface area contributed by atoms with Crippen LogP contribution in [0.5, 0.6) is 0 Å². The summed E-state index contributed by atoms with van der Waals surface area (Å²) < 4.78 is 2.29. The highest BCUT2D eigenvalue weighted by atomic mass is 32.1. The standard InChI is InChI=1S/C21H22N4S/c1-2-24-14-8-12-18(24)20-19(17-11-6-7-13-22-17)23-21(26)25(20)15-16-9-4-3-5-10-16/h3-14,19-20H,2,15H2,1H3,(H,23,26)/t19-,20+/m0/s1. The second kappa shape index (κ2) is 7.30. The van der Waals surface area contributed by atoms with E-state index in [9.17, 15) is 0 Å². The Morgan fingerprint density at radius 3 is 2.58 bits per heavy atom. The average molecular weight is 363 g/mol. The predicted octanol–water partition coefficient (Wildman–Crippen LogP) is 4.08. The molecule has 3 heterocycles. The maximum Gasteiger partial charge on any atom is 0.170 e. The van der Waals surface area contributed by atoms with Crippen LogP contribution in [0.3, 0.4) is 0 Å². The zero-order chi connectivity index (χ0) is 17.9. The summed E-state index contributed by atoms with van der Waals surface area (Å²) in [7, 11) is 0. The number of nitrogens with zero attached hydrogens (tertiary/aromatic N) is 3. The molecule has 0 radical (unpaired) electrons. The van der Waals surface area contributed by atoms with Crippen molar-refractivity contribution < 1.29 is 0 Å². The molecule has 1 aliphatic rings. The van der Waals surface area contributed by atoms with Gasteiger partial charge in [-0.3, -0.25) is 4.98 Å². The number of hydrogen-bond acceptors (Lipinski definition) is 2. The van der Waals surface area contributed by atoms with Crippen molar-refractivity contribution in [3.05, 3.63) is 90.0 Å². The van der Waals surface area contributed by atoms with E-state index in [0.29, 0.717) is 0 Å². The molecule has 1 saturated heterocycles. The lowest BCUT2D eigenvalue weighted by Gasteiger charge is -2.28. The zero-order valence-electron chi connectivity index (χ0n) is 14.7. The molecule has 1 aliphatic heterocycles. The Morgan fingerprint density at radius 1 is 1.04 bits per heavy atom. The van der Waals surface area contributed by atoms with Gasteiger partial charge in [0.05, 0.1) is 17.8 Å². The Morgan fingerprint density at radius 2 is 1.85 bits per heavy atom. The summed E-state index contributed by atoms with van der Waals surface area (Å²) in [6.45, 7) is 3.87. The van der Waals surface area contributed by atoms with E-state index in [2.05, 4.69) is 75.4 Å². The quantitative estimate of drug-likeness (QED) is 0.694. The Kier molecular flexibility index (Phi) is 4.71. The largest absolute Gasteiger partial charge is 0.352 e. The Balaban J connectivity index is 1.75. The van der Waals surface area contributed by atoms with Gasteiger partial charge >= 0.3 is 0 Å². The van der Waals surface area contributed by atoms with E-state index in [4.69, 9.17) is 12.2 Å². The van der Waals surface area contributed by atoms with Crippen LogP contribution in [0.25, 0.3) is 0 Å². The van der Waals surface area contributed by atoms with Gasteiger partial charge < -0.3 is 14.8 Å². The van der Waals surface area contributed by atoms with Gasteiger partial charge in [-0.25, -0.2) is 0 Å². The molecule has 132 valence electrons. The van der Waals surface area contributed by atoms with Gasteiger partial charge in [-0.05, 0) is 49.0 Å². The molecular formula is C21H22N4S. The minimum Gasteiger partial charge on any atom is -0.352 e. The van der Waals surface area contributed by atoms with Crippen molar-refractivity contribution in [2.24, 2.45) is 0 Å². The van der Waals surface area contributed by atoms with Crippen LogP contribution in [-0.2, 0) is 13.1 Å². The van der Waals surface area contributed by atoms with E-state index in [1.807, 2.05) is 24.4 Å². The summed E-state index contributed by atoms with van der Waals surface area (Å²) in [5.41, 5.74) is 3.52. The first kappa shape index (κ1) is 16.8. The van der Waals surface area contributed by atoms with Crippen LogP contribution in [0.4, 0.5) is 0 Å². The number of nitrogens with one attached hydrogen (secondary N) is 1. The Labute approximate surface area is 159 Å². The molecular weight excluding hydrogens is 340 g/mol. The molecule has 4 rings (SSSR count). The van der Waals surface area contributed by atoms with Crippen LogP contribution in [-0.4, -0.2) is 19.6 Å². The Bertz CT molecular complexity index is 875. The second-order valence-corrected chi connectivity index (χ2v) is 6.85. The van der Waals surface area contributed by atoms with Crippen molar-refractivity contribution in [2.45, 2.75) is 32.1 Å². The third kappa shape index (κ3) is 3.10. The molecule has 2 atom stereocenters. The molecule has 1 aromatic carbocycles. The number of aryl methyl sites for hydroxylation is 1. The topological polar surface area (TPSA) is 33.1 Å². The molecule has 0 aliphatic carbocycles. The normalized spacial score (nSPS) is 19.6. The number of benzene rings is 1. The number of thiocarbonyl (C=S) groups is 1. The fourth-order valence-electron chi connectivity index (χ4n) is 3.66. The predicted molar refractivity (Wildman–Crippen MR) is 108 cm³/mol. The molecule has 0 amide bonds. The fraction of sp³-hybridized carbons (Fsp3) is 0.238. The lowest BCUT2D eigenvalue weighted by atomic mass is 10.0. The monoisotopic (exact) mass is 362 g/mol. The maximum atomic E-state index is 5.72. The molecule has 4 nitrogen and oxygen atoms in total. The van der Waals surface area contributed by atoms with E-state index in [-0.39, 0.29) is 12.1 Å². The van der Waals surface area contributed by atoms with Crippen LogP contribution in [0.2, 0.25) is 0 Å². The van der Waals surface area contributed by atoms with Crippen molar-refractivity contribution >= 4 is 17.3 Å². The smallest absolute Gasteiger partial charge is 0.170 e. The SMILES string of the molecule is CCn1cccc1[C@@H]1[C@H](c2ccccn2)NC(=S)N1Cc1ccccc1. The summed E-state index contributed by atoms with van der Waals surface area (Å²) in [5.74, 6) is 0. The first-order valence-electron chi connectivity index (χ1n) is 8.95. The van der Waals surface area contributed by atoms with Gasteiger partial charge in [0.1, 0.15) is 0 Å². The maximum absolute atomic E-state index is 5.72. The van der Waals surface area contributed by atoms with Crippen molar-refractivity contribution in [2.75, 3.05) is 0 Å². The molecule has 1 N–H and O–H groups in total. The van der Waals surface area contributed by atoms with Gasteiger partial charge in [0.2, 0.25) is 0 Å². The van der Waals surface area contributed by atoms with Crippen LogP contribution < -0.4 is 5.32 Å². The molecule has 2 aromatic heterocycles. The summed E-state index contributed by atoms with van der Waals surface area (Å²) in [5, 5.41) is 4.29. The Hall–Kier alpha value is -2.66. The third-order valence-corrected chi connectivity index (χ3v) is 5.25. The first-order valence-corrected chi connectivity index (χ1v) is 9.35. The summed E-state index contributed by atoms with van der Waals surface area (Å²) in [4.78, 5) is 6.88. The molecule has 0 saturated carbocycles. The number of pyridine rings is 1. The zero-order valence-corrected chi connectivity index (χ0v) is 15.6. The van der Waals surface area contributed by atoms with Crippen LogP contribution >= 0.6 is 12.2 Å². The van der Waals surface area contributed by atoms with E-state index >= 15 is 0 Å². The van der Waals surface area contributed by atoms with E-state index in [0.717, 1.165) is 23.9 Å². The molecule has 0 bridgehead atoms. The van der Waals surface area contributed by atoms with Crippen LogP contribution in [0.1, 0.15) is 36.0 Å². The first-order chi connectivity index (χ1) is 12.8. The van der Waals surface area contributed by atoms with Crippen molar-refractivity contribution in [1.82, 2.24) is 19.8 Å². The van der Waals surface area contributed by atoms with E-state index in [1.165, 1.54) is 11.3 Å². The lowest BCUT2D eigenvalue weighted by molar-refractivity contribution is 0.297. The fourth-order valence-corrected chi connectivity index (χ4v) is 3.97. The van der Waals surface area contributed by atoms with Gasteiger partial charge in [-0.2, -0.15) is 0 Å². The second-order valence-electron chi connectivity index (χ2n) is 6.46. The van der Waals surface area contributed by atoms with Crippen LogP contribution in [0.15, 0.2) is 73.1 Å². The lowest BCUT2D eigenvalue weighted by Crippen LogP contribution is -2.30. The highest BCUT2D eigenvalue weighted by Gasteiger charge is 2.40. The highest BCUT2D eigenvalue weighted by Crippen LogP contribution is 2.39. The third-order valence-electron chi connectivity index (χ3n) is 4.90. The summed E-state index contributed by atoms with van der Waals surface area (Å²) >= 11 is 5.72. The van der Waals surface area contributed by atoms with Crippen molar-refractivity contribution in [3.63, 3.8) is 0 Å². The molecule has 1 fully saturated rings.